The summed E-state index contributed by atoms with van der Waals surface area (Å²) in [4.78, 5) is 21.7. The molecule has 4 rings (SSSR count). The fourth-order valence-corrected chi connectivity index (χ4v) is 5.43. The predicted octanol–water partition coefficient (Wildman–Crippen LogP) is 4.18. The van der Waals surface area contributed by atoms with Gasteiger partial charge in [-0.3, -0.25) is 9.69 Å². The van der Waals surface area contributed by atoms with Crippen LogP contribution in [0.1, 0.15) is 16.1 Å². The Bertz CT molecular complexity index is 915. The number of carbonyl (C=O) groups is 1. The van der Waals surface area contributed by atoms with E-state index in [-0.39, 0.29) is 5.91 Å². The number of rotatable bonds is 6. The lowest BCUT2D eigenvalue weighted by Gasteiger charge is -2.35. The normalized spacial score (nSPS) is 15.2. The van der Waals surface area contributed by atoms with Crippen molar-refractivity contribution in [2.75, 3.05) is 31.9 Å². The second-order valence-electron chi connectivity index (χ2n) is 7.15. The van der Waals surface area contributed by atoms with Crippen molar-refractivity contribution in [3.05, 3.63) is 64.7 Å². The van der Waals surface area contributed by atoms with Gasteiger partial charge in [0.15, 0.2) is 0 Å². The van der Waals surface area contributed by atoms with Crippen molar-refractivity contribution >= 4 is 39.2 Å². The standard InChI is InChI=1S/C22H25N3OS2/c1-17-6-2-3-7-18(17)14-24-10-12-25(13-11-24)22(26)16-27-15-21-23-19-8-4-5-9-20(19)28-21/h2-9H,10-16H2,1H3. The Morgan fingerprint density at radius 3 is 2.61 bits per heavy atom. The molecule has 0 radical (unpaired) electrons. The smallest absolute Gasteiger partial charge is 0.232 e. The first-order valence-corrected chi connectivity index (χ1v) is 11.6. The topological polar surface area (TPSA) is 36.4 Å². The Hall–Kier alpha value is -1.89. The predicted molar refractivity (Wildman–Crippen MR) is 119 cm³/mol. The number of benzene rings is 2. The molecule has 1 aromatic heterocycles. The summed E-state index contributed by atoms with van der Waals surface area (Å²) in [5.74, 6) is 1.59. The maximum Gasteiger partial charge on any atom is 0.232 e. The third-order valence-electron chi connectivity index (χ3n) is 5.17. The summed E-state index contributed by atoms with van der Waals surface area (Å²) in [7, 11) is 0. The van der Waals surface area contributed by atoms with Crippen LogP contribution in [0.25, 0.3) is 10.2 Å². The summed E-state index contributed by atoms with van der Waals surface area (Å²) >= 11 is 3.40. The molecule has 1 saturated heterocycles. The van der Waals surface area contributed by atoms with Crippen molar-refractivity contribution in [3.63, 3.8) is 0 Å². The van der Waals surface area contributed by atoms with Crippen molar-refractivity contribution in [3.8, 4) is 0 Å². The second kappa shape index (κ2) is 9.07. The number of hydrogen-bond donors (Lipinski definition) is 0. The van der Waals surface area contributed by atoms with Crippen LogP contribution in [0.4, 0.5) is 0 Å². The molecule has 1 fully saturated rings. The van der Waals surface area contributed by atoms with E-state index in [1.165, 1.54) is 15.8 Å². The van der Waals surface area contributed by atoms with E-state index in [4.69, 9.17) is 0 Å². The highest BCUT2D eigenvalue weighted by Gasteiger charge is 2.21. The third kappa shape index (κ3) is 4.74. The number of hydrogen-bond acceptors (Lipinski definition) is 5. The van der Waals surface area contributed by atoms with Crippen LogP contribution in [0.2, 0.25) is 0 Å². The number of carbonyl (C=O) groups excluding carboxylic acids is 1. The van der Waals surface area contributed by atoms with Gasteiger partial charge >= 0.3 is 0 Å². The number of para-hydroxylation sites is 1. The van der Waals surface area contributed by atoms with Gasteiger partial charge in [-0.05, 0) is 30.2 Å². The molecule has 2 aromatic carbocycles. The number of aryl methyl sites for hydroxylation is 1. The first-order chi connectivity index (χ1) is 13.7. The molecule has 1 aliphatic rings. The number of aromatic nitrogens is 1. The van der Waals surface area contributed by atoms with Crippen molar-refractivity contribution in [2.45, 2.75) is 19.2 Å². The molecule has 146 valence electrons. The molecule has 6 heteroatoms. The molecular formula is C22H25N3OS2. The molecule has 0 aliphatic carbocycles. The maximum absolute atomic E-state index is 12.5. The van der Waals surface area contributed by atoms with Crippen molar-refractivity contribution in [2.24, 2.45) is 0 Å². The van der Waals surface area contributed by atoms with E-state index < -0.39 is 0 Å². The lowest BCUT2D eigenvalue weighted by atomic mass is 10.1. The second-order valence-corrected chi connectivity index (χ2v) is 9.25. The minimum absolute atomic E-state index is 0.252. The van der Waals surface area contributed by atoms with Crippen LogP contribution in [0.5, 0.6) is 0 Å². The SMILES string of the molecule is Cc1ccccc1CN1CCN(C(=O)CSCc2nc3ccccc3s2)CC1. The molecule has 3 aromatic rings. The third-order valence-corrected chi connectivity index (χ3v) is 7.32. The van der Waals surface area contributed by atoms with Crippen LogP contribution < -0.4 is 0 Å². The van der Waals surface area contributed by atoms with E-state index in [1.54, 1.807) is 23.1 Å². The van der Waals surface area contributed by atoms with Gasteiger partial charge in [-0.25, -0.2) is 4.98 Å². The van der Waals surface area contributed by atoms with Gasteiger partial charge in [-0.2, -0.15) is 0 Å². The van der Waals surface area contributed by atoms with Crippen LogP contribution in [0.3, 0.4) is 0 Å². The van der Waals surface area contributed by atoms with Gasteiger partial charge in [0.05, 0.1) is 16.0 Å². The van der Waals surface area contributed by atoms with E-state index in [0.29, 0.717) is 5.75 Å². The monoisotopic (exact) mass is 411 g/mol. The van der Waals surface area contributed by atoms with Gasteiger partial charge in [-0.15, -0.1) is 23.1 Å². The maximum atomic E-state index is 12.5. The van der Waals surface area contributed by atoms with Crippen LogP contribution in [-0.4, -0.2) is 52.6 Å². The number of thiazole rings is 1. The van der Waals surface area contributed by atoms with Crippen LogP contribution in [-0.2, 0) is 17.1 Å². The highest BCUT2D eigenvalue weighted by molar-refractivity contribution is 7.99. The molecule has 0 atom stereocenters. The molecule has 1 aliphatic heterocycles. The van der Waals surface area contributed by atoms with E-state index in [0.717, 1.165) is 49.0 Å². The van der Waals surface area contributed by atoms with Gasteiger partial charge in [0.2, 0.25) is 5.91 Å². The van der Waals surface area contributed by atoms with Gasteiger partial charge in [-0.1, -0.05) is 36.4 Å². The Balaban J connectivity index is 1.21. The molecule has 0 spiro atoms. The fourth-order valence-electron chi connectivity index (χ4n) is 3.48. The fraction of sp³-hybridized carbons (Fsp3) is 0.364. The number of piperazine rings is 1. The zero-order valence-corrected chi connectivity index (χ0v) is 17.8. The van der Waals surface area contributed by atoms with Crippen LogP contribution in [0, 0.1) is 6.92 Å². The number of thioether (sulfide) groups is 1. The molecule has 0 bridgehead atoms. The number of fused-ring (bicyclic) bond motifs is 1. The molecule has 4 nitrogen and oxygen atoms in total. The number of nitrogens with zero attached hydrogens (tertiary/aromatic N) is 3. The first-order valence-electron chi connectivity index (χ1n) is 9.66. The average Bonchev–Trinajstić information content (AvgIpc) is 3.13. The molecule has 28 heavy (non-hydrogen) atoms. The summed E-state index contributed by atoms with van der Waals surface area (Å²) < 4.78 is 1.22. The van der Waals surface area contributed by atoms with Gasteiger partial charge in [0, 0.05) is 38.5 Å². The van der Waals surface area contributed by atoms with Crippen molar-refractivity contribution in [1.82, 2.24) is 14.8 Å². The molecule has 2 heterocycles. The Morgan fingerprint density at radius 1 is 1.07 bits per heavy atom. The van der Waals surface area contributed by atoms with E-state index in [2.05, 4.69) is 47.1 Å². The zero-order chi connectivity index (χ0) is 19.3. The summed E-state index contributed by atoms with van der Waals surface area (Å²) in [5.41, 5.74) is 3.78. The Kier molecular flexibility index (Phi) is 6.29. The lowest BCUT2D eigenvalue weighted by Crippen LogP contribution is -2.48. The molecule has 0 N–H and O–H groups in total. The van der Waals surface area contributed by atoms with E-state index >= 15 is 0 Å². The minimum Gasteiger partial charge on any atom is -0.339 e. The summed E-state index contributed by atoms with van der Waals surface area (Å²) in [5, 5.41) is 1.10. The molecule has 1 amide bonds. The van der Waals surface area contributed by atoms with Crippen LogP contribution >= 0.6 is 23.1 Å². The average molecular weight is 412 g/mol. The van der Waals surface area contributed by atoms with E-state index in [9.17, 15) is 4.79 Å². The minimum atomic E-state index is 0.252. The molecule has 0 unspecified atom stereocenters. The largest absolute Gasteiger partial charge is 0.339 e. The van der Waals surface area contributed by atoms with Crippen molar-refractivity contribution in [1.29, 1.82) is 0 Å². The molecular weight excluding hydrogens is 386 g/mol. The first kappa shape index (κ1) is 19.4. The number of amides is 1. The quantitative estimate of drug-likeness (QED) is 0.610. The summed E-state index contributed by atoms with van der Waals surface area (Å²) in [6.07, 6.45) is 0. The molecule has 0 saturated carbocycles. The summed E-state index contributed by atoms with van der Waals surface area (Å²) in [6.45, 7) is 6.68. The van der Waals surface area contributed by atoms with Gasteiger partial charge < -0.3 is 4.90 Å². The zero-order valence-electron chi connectivity index (χ0n) is 16.1. The Morgan fingerprint density at radius 2 is 1.82 bits per heavy atom. The van der Waals surface area contributed by atoms with Crippen LogP contribution in [0.15, 0.2) is 48.5 Å². The highest BCUT2D eigenvalue weighted by Crippen LogP contribution is 2.25. The lowest BCUT2D eigenvalue weighted by molar-refractivity contribution is -0.130. The van der Waals surface area contributed by atoms with Crippen molar-refractivity contribution < 1.29 is 4.79 Å². The van der Waals surface area contributed by atoms with E-state index in [1.807, 2.05) is 23.1 Å². The highest BCUT2D eigenvalue weighted by atomic mass is 32.2. The van der Waals surface area contributed by atoms with Gasteiger partial charge in [0.1, 0.15) is 5.01 Å². The summed E-state index contributed by atoms with van der Waals surface area (Å²) in [6, 6.07) is 16.8. The Labute approximate surface area is 174 Å². The van der Waals surface area contributed by atoms with Gasteiger partial charge in [0.25, 0.3) is 0 Å².